The number of amides is 2. The molecule has 3 rings (SSSR count). The minimum absolute atomic E-state index is 0.147. The zero-order chi connectivity index (χ0) is 17.1. The minimum Gasteiger partial charge on any atom is -0.324 e. The molecule has 0 unspecified atom stereocenters. The van der Waals surface area contributed by atoms with Gasteiger partial charge in [0.2, 0.25) is 5.91 Å². The van der Waals surface area contributed by atoms with Gasteiger partial charge in [-0.2, -0.15) is 0 Å². The predicted octanol–water partition coefficient (Wildman–Crippen LogP) is 2.85. The molecule has 124 valence electrons. The van der Waals surface area contributed by atoms with Crippen LogP contribution in [-0.2, 0) is 4.79 Å². The highest BCUT2D eigenvalue weighted by molar-refractivity contribution is 7.99. The lowest BCUT2D eigenvalue weighted by molar-refractivity contribution is -0.119. The summed E-state index contributed by atoms with van der Waals surface area (Å²) in [6, 6.07) is 8.78. The number of nitrogens with zero attached hydrogens (tertiary/aromatic N) is 2. The van der Waals surface area contributed by atoms with Crippen molar-refractivity contribution in [3.63, 3.8) is 0 Å². The van der Waals surface area contributed by atoms with Gasteiger partial charge in [-0.25, -0.2) is 0 Å². The van der Waals surface area contributed by atoms with Crippen LogP contribution in [0.15, 0.2) is 42.7 Å². The second-order valence-electron chi connectivity index (χ2n) is 5.77. The number of carbonyl (C=O) groups is 2. The third-order valence-electron chi connectivity index (χ3n) is 4.22. The Hall–Kier alpha value is -2.34. The number of nitrogens with one attached hydrogen (secondary N) is 1. The number of benzene rings is 1. The lowest BCUT2D eigenvalue weighted by Crippen LogP contribution is -2.44. The van der Waals surface area contributed by atoms with Crippen molar-refractivity contribution < 1.29 is 9.59 Å². The Bertz CT molecular complexity index is 764. The molecule has 1 fully saturated rings. The highest BCUT2D eigenvalue weighted by atomic mass is 32.2. The van der Waals surface area contributed by atoms with Gasteiger partial charge in [-0.05, 0) is 43.2 Å². The maximum Gasteiger partial charge on any atom is 0.256 e. The van der Waals surface area contributed by atoms with Crippen LogP contribution in [0.1, 0.15) is 21.5 Å². The van der Waals surface area contributed by atoms with Gasteiger partial charge in [0, 0.05) is 23.8 Å². The van der Waals surface area contributed by atoms with Gasteiger partial charge in [-0.15, -0.1) is 11.8 Å². The third kappa shape index (κ3) is 3.28. The summed E-state index contributed by atoms with van der Waals surface area (Å²) in [6.45, 7) is 3.99. The van der Waals surface area contributed by atoms with E-state index in [9.17, 15) is 9.59 Å². The van der Waals surface area contributed by atoms with Crippen LogP contribution in [0.25, 0.3) is 0 Å². The molecule has 24 heavy (non-hydrogen) atoms. The summed E-state index contributed by atoms with van der Waals surface area (Å²) in [5, 5.41) is 2.97. The number of carbonyl (C=O) groups excluding carboxylic acids is 2. The molecule has 1 aliphatic rings. The molecule has 1 saturated heterocycles. The minimum atomic E-state index is -0.470. The zero-order valence-corrected chi connectivity index (χ0v) is 14.5. The van der Waals surface area contributed by atoms with Crippen LogP contribution in [0.4, 0.5) is 5.69 Å². The van der Waals surface area contributed by atoms with Crippen LogP contribution in [-0.4, -0.2) is 39.4 Å². The van der Waals surface area contributed by atoms with E-state index >= 15 is 0 Å². The van der Waals surface area contributed by atoms with Crippen molar-refractivity contribution in [2.24, 2.45) is 0 Å². The summed E-state index contributed by atoms with van der Waals surface area (Å²) in [6.07, 6.45) is 3.16. The summed E-state index contributed by atoms with van der Waals surface area (Å²) >= 11 is 1.58. The molecule has 2 heterocycles. The molecule has 0 bridgehead atoms. The van der Waals surface area contributed by atoms with Crippen molar-refractivity contribution in [2.45, 2.75) is 19.9 Å². The summed E-state index contributed by atoms with van der Waals surface area (Å²) < 4.78 is 0. The molecule has 0 radical (unpaired) electrons. The molecule has 0 saturated carbocycles. The van der Waals surface area contributed by atoms with Crippen LogP contribution >= 0.6 is 11.8 Å². The van der Waals surface area contributed by atoms with E-state index in [4.69, 9.17) is 0 Å². The fourth-order valence-corrected chi connectivity index (χ4v) is 3.77. The molecule has 2 aromatic rings. The first kappa shape index (κ1) is 16.5. The molecular weight excluding hydrogens is 322 g/mol. The number of hydrogen-bond donors (Lipinski definition) is 1. The van der Waals surface area contributed by atoms with Gasteiger partial charge in [0.25, 0.3) is 5.91 Å². The molecule has 1 atom stereocenters. The van der Waals surface area contributed by atoms with Crippen LogP contribution in [0.5, 0.6) is 0 Å². The van der Waals surface area contributed by atoms with Gasteiger partial charge in [-0.1, -0.05) is 12.1 Å². The van der Waals surface area contributed by atoms with Gasteiger partial charge in [0.15, 0.2) is 0 Å². The third-order valence-corrected chi connectivity index (χ3v) is 5.23. The monoisotopic (exact) mass is 341 g/mol. The first-order valence-corrected chi connectivity index (χ1v) is 8.89. The van der Waals surface area contributed by atoms with Crippen molar-refractivity contribution in [1.82, 2.24) is 9.88 Å². The van der Waals surface area contributed by atoms with E-state index in [0.29, 0.717) is 17.2 Å². The van der Waals surface area contributed by atoms with Crippen LogP contribution in [0, 0.1) is 13.8 Å². The Kier molecular flexibility index (Phi) is 4.85. The Morgan fingerprint density at radius 3 is 2.83 bits per heavy atom. The van der Waals surface area contributed by atoms with Gasteiger partial charge >= 0.3 is 0 Å². The average molecular weight is 341 g/mol. The second-order valence-corrected chi connectivity index (χ2v) is 6.77. The molecule has 2 amide bonds. The number of aromatic nitrogens is 1. The van der Waals surface area contributed by atoms with E-state index in [-0.39, 0.29) is 11.8 Å². The van der Waals surface area contributed by atoms with Crippen molar-refractivity contribution >= 4 is 29.3 Å². The molecule has 5 nitrogen and oxygen atoms in total. The van der Waals surface area contributed by atoms with E-state index in [1.165, 1.54) is 6.20 Å². The molecule has 6 heteroatoms. The zero-order valence-electron chi connectivity index (χ0n) is 13.7. The molecule has 0 spiro atoms. The summed E-state index contributed by atoms with van der Waals surface area (Å²) in [5.41, 5.74) is 3.47. The Labute approximate surface area is 145 Å². The van der Waals surface area contributed by atoms with E-state index < -0.39 is 6.04 Å². The number of rotatable bonds is 3. The molecular formula is C18H19N3O2S. The first-order valence-electron chi connectivity index (χ1n) is 7.73. The fourth-order valence-electron chi connectivity index (χ4n) is 2.62. The van der Waals surface area contributed by atoms with Crippen molar-refractivity contribution in [3.8, 4) is 0 Å². The quantitative estimate of drug-likeness (QED) is 0.932. The van der Waals surface area contributed by atoms with Gasteiger partial charge in [0.05, 0.1) is 11.4 Å². The number of hydrogen-bond acceptors (Lipinski definition) is 4. The molecule has 1 N–H and O–H groups in total. The maximum absolute atomic E-state index is 12.7. The van der Waals surface area contributed by atoms with Crippen LogP contribution in [0.3, 0.4) is 0 Å². The van der Waals surface area contributed by atoms with Crippen molar-refractivity contribution in [3.05, 3.63) is 59.4 Å². The largest absolute Gasteiger partial charge is 0.324 e. The number of aryl methyl sites for hydroxylation is 1. The molecule has 1 aliphatic heterocycles. The summed E-state index contributed by atoms with van der Waals surface area (Å²) in [7, 11) is 0. The van der Waals surface area contributed by atoms with Crippen LogP contribution < -0.4 is 5.32 Å². The van der Waals surface area contributed by atoms with Gasteiger partial charge < -0.3 is 10.2 Å². The van der Waals surface area contributed by atoms with E-state index in [1.807, 2.05) is 32.0 Å². The highest BCUT2D eigenvalue weighted by Gasteiger charge is 2.35. The predicted molar refractivity (Wildman–Crippen MR) is 96.1 cm³/mol. The molecule has 0 aliphatic carbocycles. The smallest absolute Gasteiger partial charge is 0.256 e. The molecule has 1 aromatic heterocycles. The molecule has 1 aromatic carbocycles. The van der Waals surface area contributed by atoms with E-state index in [1.54, 1.807) is 35.0 Å². The Balaban J connectivity index is 1.76. The van der Waals surface area contributed by atoms with Gasteiger partial charge in [0.1, 0.15) is 6.04 Å². The lowest BCUT2D eigenvalue weighted by atomic mass is 10.1. The first-order chi connectivity index (χ1) is 11.6. The van der Waals surface area contributed by atoms with Crippen molar-refractivity contribution in [1.29, 1.82) is 0 Å². The SMILES string of the molecule is Cc1cccc(NC(=O)[C@@H]2CSCN2C(=O)c2cccnc2)c1C. The number of thioether (sulfide) groups is 1. The highest BCUT2D eigenvalue weighted by Crippen LogP contribution is 2.25. The van der Waals surface area contributed by atoms with E-state index in [0.717, 1.165) is 16.8 Å². The number of anilines is 1. The van der Waals surface area contributed by atoms with Crippen molar-refractivity contribution in [2.75, 3.05) is 16.9 Å². The topological polar surface area (TPSA) is 62.3 Å². The van der Waals surface area contributed by atoms with Gasteiger partial charge in [-0.3, -0.25) is 14.6 Å². The maximum atomic E-state index is 12.7. The number of pyridine rings is 1. The average Bonchev–Trinajstić information content (AvgIpc) is 3.09. The second kappa shape index (κ2) is 7.05. The lowest BCUT2D eigenvalue weighted by Gasteiger charge is -2.23. The fraction of sp³-hybridized carbons (Fsp3) is 0.278. The summed E-state index contributed by atoms with van der Waals surface area (Å²) in [5.74, 6) is 0.807. The van der Waals surface area contributed by atoms with Crippen LogP contribution in [0.2, 0.25) is 0 Å². The Morgan fingerprint density at radius 1 is 1.25 bits per heavy atom. The standard InChI is InChI=1S/C18H19N3O2S/c1-12-5-3-7-15(13(12)2)20-17(22)16-10-24-11-21(16)18(23)14-6-4-8-19-9-14/h3-9,16H,10-11H2,1-2H3,(H,20,22)/t16-/m0/s1. The normalized spacial score (nSPS) is 16.9. The van der Waals surface area contributed by atoms with E-state index in [2.05, 4.69) is 10.3 Å². The summed E-state index contributed by atoms with van der Waals surface area (Å²) in [4.78, 5) is 30.9. The Morgan fingerprint density at radius 2 is 2.08 bits per heavy atom.